The first-order chi connectivity index (χ1) is 21.8. The standard InChI is InChI=1S/C35H24Cl2N4O3S/c1-21-31(33(42)40-28-5-3-2-4-6-28)32(24-11-13-26(36)14-12-24)41-34(43)30(45-35(41)39-21)18-25-17-27(37)15-16-29(25)44-20-23-9-7-22(19-38)8-10-23/h2-18,32H,20H2,1H3,(H,40,42)/b30-18+/t32-/m1/s1. The summed E-state index contributed by atoms with van der Waals surface area (Å²) in [6, 6.07) is 29.9. The van der Waals surface area contributed by atoms with E-state index in [9.17, 15) is 9.59 Å². The zero-order chi connectivity index (χ0) is 31.5. The summed E-state index contributed by atoms with van der Waals surface area (Å²) in [6.45, 7) is 2.02. The first-order valence-electron chi connectivity index (χ1n) is 13.9. The number of fused-ring (bicyclic) bond motifs is 1. The fourth-order valence-electron chi connectivity index (χ4n) is 5.03. The monoisotopic (exact) mass is 650 g/mol. The first-order valence-corrected chi connectivity index (χ1v) is 15.4. The highest BCUT2D eigenvalue weighted by Crippen LogP contribution is 2.32. The molecule has 0 aliphatic carbocycles. The Morgan fingerprint density at radius 3 is 2.44 bits per heavy atom. The Labute approximate surface area is 272 Å². The maximum Gasteiger partial charge on any atom is 0.271 e. The lowest BCUT2D eigenvalue weighted by atomic mass is 9.95. The smallest absolute Gasteiger partial charge is 0.271 e. The van der Waals surface area contributed by atoms with E-state index in [1.807, 2.05) is 42.5 Å². The fraction of sp³-hybridized carbons (Fsp3) is 0.0857. The number of hydrogen-bond acceptors (Lipinski definition) is 6. The van der Waals surface area contributed by atoms with E-state index in [1.54, 1.807) is 72.2 Å². The third kappa shape index (κ3) is 6.47. The van der Waals surface area contributed by atoms with Gasteiger partial charge in [-0.25, -0.2) is 4.99 Å². The zero-order valence-corrected chi connectivity index (χ0v) is 26.2. The van der Waals surface area contributed by atoms with Gasteiger partial charge in [-0.1, -0.05) is 77.0 Å². The van der Waals surface area contributed by atoms with Crippen molar-refractivity contribution in [2.24, 2.45) is 4.99 Å². The van der Waals surface area contributed by atoms with Crippen LogP contribution in [0.1, 0.15) is 35.2 Å². The zero-order valence-electron chi connectivity index (χ0n) is 23.8. The molecular weight excluding hydrogens is 627 g/mol. The highest BCUT2D eigenvalue weighted by atomic mass is 35.5. The van der Waals surface area contributed by atoms with Crippen molar-refractivity contribution in [3.8, 4) is 11.8 Å². The van der Waals surface area contributed by atoms with E-state index in [4.69, 9.17) is 38.2 Å². The number of carbonyl (C=O) groups excluding carboxylic acids is 1. The number of para-hydroxylation sites is 1. The minimum Gasteiger partial charge on any atom is -0.488 e. The van der Waals surface area contributed by atoms with E-state index in [0.717, 1.165) is 5.56 Å². The van der Waals surface area contributed by atoms with E-state index >= 15 is 0 Å². The second kappa shape index (κ2) is 13.0. The molecule has 2 heterocycles. The van der Waals surface area contributed by atoms with Gasteiger partial charge in [-0.2, -0.15) is 5.26 Å². The lowest BCUT2D eigenvalue weighted by Crippen LogP contribution is -2.40. The van der Waals surface area contributed by atoms with Crippen LogP contribution in [0, 0.1) is 11.3 Å². The number of allylic oxidation sites excluding steroid dienone is 1. The Balaban J connectivity index is 1.42. The van der Waals surface area contributed by atoms with Gasteiger partial charge in [-0.3, -0.25) is 14.2 Å². The van der Waals surface area contributed by atoms with Gasteiger partial charge < -0.3 is 10.1 Å². The average molecular weight is 652 g/mol. The molecule has 0 fully saturated rings. The van der Waals surface area contributed by atoms with Gasteiger partial charge in [0.1, 0.15) is 12.4 Å². The van der Waals surface area contributed by atoms with E-state index < -0.39 is 6.04 Å². The molecule has 1 aromatic heterocycles. The summed E-state index contributed by atoms with van der Waals surface area (Å²) >= 11 is 13.8. The van der Waals surface area contributed by atoms with Gasteiger partial charge in [0.05, 0.1) is 33.5 Å². The Kier molecular flexibility index (Phi) is 8.67. The number of nitrogens with zero attached hydrogens (tertiary/aromatic N) is 3. The maximum atomic E-state index is 14.1. The molecule has 45 heavy (non-hydrogen) atoms. The average Bonchev–Trinajstić information content (AvgIpc) is 3.34. The SMILES string of the molecule is CC1=C(C(=O)Nc2ccccc2)[C@@H](c2ccc(Cl)cc2)n2c(s/c(=C/c3cc(Cl)ccc3OCc3ccc(C#N)cc3)c2=O)=N1. The van der Waals surface area contributed by atoms with Crippen molar-refractivity contribution in [1.29, 1.82) is 5.26 Å². The van der Waals surface area contributed by atoms with Crippen LogP contribution in [0.3, 0.4) is 0 Å². The second-order valence-electron chi connectivity index (χ2n) is 10.2. The third-order valence-electron chi connectivity index (χ3n) is 7.22. The van der Waals surface area contributed by atoms with Gasteiger partial charge in [0, 0.05) is 21.3 Å². The summed E-state index contributed by atoms with van der Waals surface area (Å²) in [7, 11) is 0. The van der Waals surface area contributed by atoms with E-state index in [-0.39, 0.29) is 18.1 Å². The first kappa shape index (κ1) is 30.1. The Morgan fingerprint density at radius 1 is 1.02 bits per heavy atom. The molecule has 1 atom stereocenters. The van der Waals surface area contributed by atoms with Gasteiger partial charge in [-0.05, 0) is 78.7 Å². The number of hydrogen-bond donors (Lipinski definition) is 1. The van der Waals surface area contributed by atoms with Crippen molar-refractivity contribution in [2.75, 3.05) is 5.32 Å². The van der Waals surface area contributed by atoms with Crippen molar-refractivity contribution in [3.63, 3.8) is 0 Å². The minimum atomic E-state index is -0.740. The lowest BCUT2D eigenvalue weighted by molar-refractivity contribution is -0.113. The van der Waals surface area contributed by atoms with Crippen molar-refractivity contribution in [2.45, 2.75) is 19.6 Å². The third-order valence-corrected chi connectivity index (χ3v) is 8.69. The number of benzene rings is 4. The van der Waals surface area contributed by atoms with Crippen molar-refractivity contribution in [3.05, 3.63) is 160 Å². The lowest BCUT2D eigenvalue weighted by Gasteiger charge is -2.25. The van der Waals surface area contributed by atoms with Crippen LogP contribution in [-0.4, -0.2) is 10.5 Å². The Hall–Kier alpha value is -4.94. The van der Waals surface area contributed by atoms with Crippen molar-refractivity contribution >= 4 is 52.2 Å². The largest absolute Gasteiger partial charge is 0.488 e. The molecule has 222 valence electrons. The van der Waals surface area contributed by atoms with E-state index in [2.05, 4.69) is 11.4 Å². The molecule has 10 heteroatoms. The Bertz CT molecular complexity index is 2170. The molecule has 1 N–H and O–H groups in total. The van der Waals surface area contributed by atoms with Gasteiger partial charge in [-0.15, -0.1) is 0 Å². The number of anilines is 1. The molecule has 0 saturated carbocycles. The quantitative estimate of drug-likeness (QED) is 0.214. The predicted molar refractivity (Wildman–Crippen MR) is 177 cm³/mol. The van der Waals surface area contributed by atoms with Crippen LogP contribution in [0.15, 0.2) is 118 Å². The molecule has 1 aliphatic rings. The summed E-state index contributed by atoms with van der Waals surface area (Å²) < 4.78 is 8.06. The van der Waals surface area contributed by atoms with Crippen molar-refractivity contribution in [1.82, 2.24) is 4.57 Å². The van der Waals surface area contributed by atoms with Crippen LogP contribution in [0.4, 0.5) is 5.69 Å². The topological polar surface area (TPSA) is 96.5 Å². The minimum absolute atomic E-state index is 0.255. The molecule has 1 aliphatic heterocycles. The molecule has 7 nitrogen and oxygen atoms in total. The molecule has 0 saturated heterocycles. The Morgan fingerprint density at radius 2 is 1.73 bits per heavy atom. The van der Waals surface area contributed by atoms with Gasteiger partial charge >= 0.3 is 0 Å². The molecule has 5 aromatic rings. The fourth-order valence-corrected chi connectivity index (χ4v) is 6.38. The number of rotatable bonds is 7. The van der Waals surface area contributed by atoms with Gasteiger partial charge in [0.25, 0.3) is 11.5 Å². The number of halogens is 2. The summed E-state index contributed by atoms with van der Waals surface area (Å²) in [5.41, 5.74) is 3.96. The number of aromatic nitrogens is 1. The van der Waals surface area contributed by atoms with Crippen LogP contribution >= 0.6 is 34.5 Å². The highest BCUT2D eigenvalue weighted by molar-refractivity contribution is 7.07. The predicted octanol–water partition coefficient (Wildman–Crippen LogP) is 6.63. The maximum absolute atomic E-state index is 14.1. The normalized spacial score (nSPS) is 14.4. The van der Waals surface area contributed by atoms with Crippen LogP contribution in [0.2, 0.25) is 10.0 Å². The van der Waals surface area contributed by atoms with E-state index in [0.29, 0.717) is 58.8 Å². The molecule has 0 spiro atoms. The van der Waals surface area contributed by atoms with Crippen LogP contribution in [0.5, 0.6) is 5.75 Å². The van der Waals surface area contributed by atoms with Crippen LogP contribution in [0.25, 0.3) is 6.08 Å². The van der Waals surface area contributed by atoms with Gasteiger partial charge in [0.2, 0.25) is 0 Å². The summed E-state index contributed by atoms with van der Waals surface area (Å²) in [5, 5.41) is 13.0. The number of ether oxygens (including phenoxy) is 1. The second-order valence-corrected chi connectivity index (χ2v) is 12.1. The summed E-state index contributed by atoms with van der Waals surface area (Å²) in [4.78, 5) is 33.0. The van der Waals surface area contributed by atoms with E-state index in [1.165, 1.54) is 11.3 Å². The summed E-state index contributed by atoms with van der Waals surface area (Å²) in [5.74, 6) is 0.174. The number of amides is 1. The number of carbonyl (C=O) groups is 1. The molecular formula is C35H24Cl2N4O3S. The molecule has 0 radical (unpaired) electrons. The molecule has 0 unspecified atom stereocenters. The molecule has 6 rings (SSSR count). The molecule has 4 aromatic carbocycles. The van der Waals surface area contributed by atoms with Crippen molar-refractivity contribution < 1.29 is 9.53 Å². The number of nitrogens with one attached hydrogen (secondary N) is 1. The number of thiazole rings is 1. The van der Waals surface area contributed by atoms with Crippen LogP contribution < -0.4 is 24.9 Å². The van der Waals surface area contributed by atoms with Crippen LogP contribution in [-0.2, 0) is 11.4 Å². The highest BCUT2D eigenvalue weighted by Gasteiger charge is 2.32. The van der Waals surface area contributed by atoms with Gasteiger partial charge in [0.15, 0.2) is 4.80 Å². The molecule has 1 amide bonds. The number of nitriles is 1. The molecule has 0 bridgehead atoms. The summed E-state index contributed by atoms with van der Waals surface area (Å²) in [6.07, 6.45) is 1.73.